The van der Waals surface area contributed by atoms with Crippen LogP contribution < -0.4 is 10.6 Å². The average Bonchev–Trinajstić information content (AvgIpc) is 3.01. The Morgan fingerprint density at radius 1 is 1.30 bits per heavy atom. The number of hydrogen-bond donors (Lipinski definition) is 3. The summed E-state index contributed by atoms with van der Waals surface area (Å²) < 4.78 is 40.0. The Bertz CT molecular complexity index is 919. The van der Waals surface area contributed by atoms with Crippen molar-refractivity contribution >= 4 is 40.9 Å². The minimum atomic E-state index is -4.57. The smallest absolute Gasteiger partial charge is 0.390 e. The van der Waals surface area contributed by atoms with Crippen molar-refractivity contribution in [3.05, 3.63) is 40.7 Å². The third kappa shape index (κ3) is 6.64. The van der Waals surface area contributed by atoms with Crippen molar-refractivity contribution in [2.45, 2.75) is 44.4 Å². The molecule has 0 fully saturated rings. The molecule has 3 N–H and O–H groups in total. The molecule has 1 aromatic carbocycles. The first-order valence-corrected chi connectivity index (χ1v) is 10.1. The molecule has 0 aliphatic rings. The Balaban J connectivity index is 2.07. The lowest BCUT2D eigenvalue weighted by molar-refractivity contribution is -0.137. The van der Waals surface area contributed by atoms with Gasteiger partial charge in [-0.25, -0.2) is 4.98 Å². The molecule has 1 heterocycles. The minimum Gasteiger partial charge on any atom is -0.390 e. The third-order valence-corrected chi connectivity index (χ3v) is 5.04. The van der Waals surface area contributed by atoms with E-state index < -0.39 is 17.6 Å². The van der Waals surface area contributed by atoms with Crippen LogP contribution in [0.25, 0.3) is 0 Å². The van der Waals surface area contributed by atoms with Crippen LogP contribution in [-0.4, -0.2) is 38.3 Å². The van der Waals surface area contributed by atoms with Gasteiger partial charge in [0.1, 0.15) is 6.54 Å². The van der Waals surface area contributed by atoms with Gasteiger partial charge in [0.15, 0.2) is 5.16 Å². The first kappa shape index (κ1) is 24.0. The topological polar surface area (TPSA) is 96.2 Å². The summed E-state index contributed by atoms with van der Waals surface area (Å²) in [6, 6.07) is 2.56. The lowest BCUT2D eigenvalue weighted by Gasteiger charge is -2.13. The Labute approximate surface area is 180 Å². The van der Waals surface area contributed by atoms with Crippen molar-refractivity contribution in [3.63, 3.8) is 0 Å². The molecule has 0 saturated heterocycles. The Hall–Kier alpha value is -2.24. The summed E-state index contributed by atoms with van der Waals surface area (Å²) in [5.41, 5.74) is -0.709. The van der Waals surface area contributed by atoms with E-state index in [1.165, 1.54) is 10.8 Å². The highest BCUT2D eigenvalue weighted by Gasteiger charge is 2.31. The van der Waals surface area contributed by atoms with Crippen LogP contribution in [0.5, 0.6) is 0 Å². The van der Waals surface area contributed by atoms with Gasteiger partial charge in [-0.1, -0.05) is 23.4 Å². The van der Waals surface area contributed by atoms with Gasteiger partial charge in [0.25, 0.3) is 0 Å². The molecule has 30 heavy (non-hydrogen) atoms. The molecule has 0 atom stereocenters. The molecule has 2 aromatic rings. The van der Waals surface area contributed by atoms with E-state index in [1.54, 1.807) is 13.8 Å². The van der Waals surface area contributed by atoms with Crippen LogP contribution in [0.1, 0.15) is 25.1 Å². The molecular weight excluding hydrogens is 445 g/mol. The van der Waals surface area contributed by atoms with E-state index in [0.29, 0.717) is 10.9 Å². The second kappa shape index (κ2) is 10.2. The lowest BCUT2D eigenvalue weighted by Crippen LogP contribution is -2.33. The summed E-state index contributed by atoms with van der Waals surface area (Å²) >= 11 is 6.85. The fourth-order valence-corrected chi connectivity index (χ4v) is 3.39. The first-order valence-electron chi connectivity index (χ1n) is 8.75. The number of imidazole rings is 1. The molecule has 2 rings (SSSR count). The molecule has 0 bridgehead atoms. The quantitative estimate of drug-likeness (QED) is 0.521. The van der Waals surface area contributed by atoms with Crippen molar-refractivity contribution in [1.29, 1.82) is 0 Å². The van der Waals surface area contributed by atoms with E-state index in [4.69, 9.17) is 11.6 Å². The van der Waals surface area contributed by atoms with E-state index in [1.807, 2.05) is 0 Å². The molecule has 2 amide bonds. The number of thioether (sulfide) groups is 1. The molecule has 0 saturated carbocycles. The van der Waals surface area contributed by atoms with E-state index in [0.717, 1.165) is 30.0 Å². The number of nitrogens with zero attached hydrogens (tertiary/aromatic N) is 2. The average molecular weight is 465 g/mol. The van der Waals surface area contributed by atoms with E-state index in [2.05, 4.69) is 15.6 Å². The fourth-order valence-electron chi connectivity index (χ4n) is 2.43. The van der Waals surface area contributed by atoms with Gasteiger partial charge < -0.3 is 20.3 Å². The summed E-state index contributed by atoms with van der Waals surface area (Å²) in [4.78, 5) is 28.3. The van der Waals surface area contributed by atoms with Crippen molar-refractivity contribution in [1.82, 2.24) is 14.9 Å². The SMILES string of the molecule is CC(C)NC(=O)Cn1c(CO)cnc1SCC(=O)Nc1cc(C(F)(F)F)ccc1Cl. The van der Waals surface area contributed by atoms with Crippen molar-refractivity contribution in [2.75, 3.05) is 11.1 Å². The van der Waals surface area contributed by atoms with Crippen LogP contribution in [0.3, 0.4) is 0 Å². The van der Waals surface area contributed by atoms with Crippen LogP contribution in [0.4, 0.5) is 18.9 Å². The number of aliphatic hydroxyl groups excluding tert-OH is 1. The number of halogens is 4. The molecule has 0 spiro atoms. The molecule has 12 heteroatoms. The number of aliphatic hydroxyl groups is 1. The highest BCUT2D eigenvalue weighted by Crippen LogP contribution is 2.34. The van der Waals surface area contributed by atoms with Crippen molar-refractivity contribution < 1.29 is 27.9 Å². The molecule has 0 aliphatic heterocycles. The first-order chi connectivity index (χ1) is 14.0. The second-order valence-electron chi connectivity index (χ2n) is 6.53. The van der Waals surface area contributed by atoms with Crippen LogP contribution in [0, 0.1) is 0 Å². The van der Waals surface area contributed by atoms with Gasteiger partial charge in [-0.2, -0.15) is 13.2 Å². The summed E-state index contributed by atoms with van der Waals surface area (Å²) in [5, 5.41) is 14.8. The summed E-state index contributed by atoms with van der Waals surface area (Å²) in [6.45, 7) is 3.15. The molecule has 1 aromatic heterocycles. The van der Waals surface area contributed by atoms with Gasteiger partial charge in [0.05, 0.1) is 40.5 Å². The van der Waals surface area contributed by atoms with Gasteiger partial charge >= 0.3 is 6.18 Å². The number of amides is 2. The van der Waals surface area contributed by atoms with Crippen molar-refractivity contribution in [3.8, 4) is 0 Å². The van der Waals surface area contributed by atoms with Crippen LogP contribution >= 0.6 is 23.4 Å². The number of hydrogen-bond acceptors (Lipinski definition) is 5. The van der Waals surface area contributed by atoms with Crippen LogP contribution in [0.15, 0.2) is 29.6 Å². The number of nitrogens with one attached hydrogen (secondary N) is 2. The monoisotopic (exact) mass is 464 g/mol. The highest BCUT2D eigenvalue weighted by molar-refractivity contribution is 7.99. The van der Waals surface area contributed by atoms with Gasteiger partial charge in [0, 0.05) is 6.04 Å². The number of anilines is 1. The maximum absolute atomic E-state index is 12.8. The minimum absolute atomic E-state index is 0.0317. The van der Waals surface area contributed by atoms with E-state index in [-0.39, 0.29) is 41.6 Å². The molecule has 164 valence electrons. The normalized spacial score (nSPS) is 11.6. The zero-order valence-corrected chi connectivity index (χ0v) is 17.7. The lowest BCUT2D eigenvalue weighted by atomic mass is 10.2. The second-order valence-corrected chi connectivity index (χ2v) is 7.88. The predicted molar refractivity (Wildman–Crippen MR) is 107 cm³/mol. The molecule has 7 nitrogen and oxygen atoms in total. The number of carbonyl (C=O) groups is 2. The maximum atomic E-state index is 12.8. The van der Waals surface area contributed by atoms with Gasteiger partial charge in [0.2, 0.25) is 11.8 Å². The summed E-state index contributed by atoms with van der Waals surface area (Å²) in [7, 11) is 0. The van der Waals surface area contributed by atoms with E-state index in [9.17, 15) is 27.9 Å². The summed E-state index contributed by atoms with van der Waals surface area (Å²) in [5.74, 6) is -1.09. The highest BCUT2D eigenvalue weighted by atomic mass is 35.5. The number of rotatable bonds is 8. The number of carbonyl (C=O) groups excluding carboxylic acids is 2. The van der Waals surface area contributed by atoms with Gasteiger partial charge in [-0.05, 0) is 32.0 Å². The predicted octanol–water partition coefficient (Wildman–Crippen LogP) is 3.30. The molecule has 0 unspecified atom stereocenters. The Kier molecular flexibility index (Phi) is 8.16. The molecule has 0 radical (unpaired) electrons. The Morgan fingerprint density at radius 3 is 2.60 bits per heavy atom. The van der Waals surface area contributed by atoms with Gasteiger partial charge in [-0.3, -0.25) is 9.59 Å². The fraction of sp³-hybridized carbons (Fsp3) is 0.389. The standard InChI is InChI=1S/C18H20ClF3N4O3S/c1-10(2)24-15(28)7-26-12(8-27)6-23-17(26)30-9-16(29)25-14-5-11(18(20,21)22)3-4-13(14)19/h3-6,10,27H,7-9H2,1-2H3,(H,24,28)(H,25,29). The summed E-state index contributed by atoms with van der Waals surface area (Å²) in [6.07, 6.45) is -3.19. The van der Waals surface area contributed by atoms with Crippen LogP contribution in [-0.2, 0) is 28.9 Å². The zero-order valence-electron chi connectivity index (χ0n) is 16.1. The molecule has 0 aliphatic carbocycles. The number of aromatic nitrogens is 2. The zero-order chi connectivity index (χ0) is 22.5. The van der Waals surface area contributed by atoms with Crippen molar-refractivity contribution in [2.24, 2.45) is 0 Å². The van der Waals surface area contributed by atoms with E-state index >= 15 is 0 Å². The third-order valence-electron chi connectivity index (χ3n) is 3.72. The largest absolute Gasteiger partial charge is 0.416 e. The Morgan fingerprint density at radius 2 is 2.00 bits per heavy atom. The van der Waals surface area contributed by atoms with Crippen LogP contribution in [0.2, 0.25) is 5.02 Å². The number of alkyl halides is 3. The molecular formula is C18H20ClF3N4O3S. The van der Waals surface area contributed by atoms with Gasteiger partial charge in [-0.15, -0.1) is 0 Å². The number of benzene rings is 1. The maximum Gasteiger partial charge on any atom is 0.416 e.